The van der Waals surface area contributed by atoms with Gasteiger partial charge in [0.1, 0.15) is 0 Å². The van der Waals surface area contributed by atoms with E-state index in [0.29, 0.717) is 0 Å². The maximum atomic E-state index is 10.2. The van der Waals surface area contributed by atoms with Crippen LogP contribution in [0.1, 0.15) is 36.8 Å². The first-order valence-electron chi connectivity index (χ1n) is 5.70. The largest absolute Gasteiger partial charge is 0.392 e. The Labute approximate surface area is 95.1 Å². The van der Waals surface area contributed by atoms with Gasteiger partial charge in [0, 0.05) is 10.4 Å². The molecule has 1 fully saturated rings. The number of benzene rings is 1. The fraction of sp³-hybridized carbons (Fsp3) is 0.538. The third-order valence-electron chi connectivity index (χ3n) is 4.21. The smallest absolute Gasteiger partial charge is 0.0640 e. The van der Waals surface area contributed by atoms with E-state index in [1.165, 1.54) is 17.5 Å². The molecule has 2 aliphatic carbocycles. The van der Waals surface area contributed by atoms with Crippen molar-refractivity contribution in [2.45, 2.75) is 43.6 Å². The molecule has 1 N–H and O–H groups in total. The molecule has 0 aliphatic heterocycles. The predicted octanol–water partition coefficient (Wildman–Crippen LogP) is 3.07. The third-order valence-corrected chi connectivity index (χ3v) is 4.56. The molecule has 80 valence electrons. The van der Waals surface area contributed by atoms with Gasteiger partial charge in [-0.15, -0.1) is 0 Å². The summed E-state index contributed by atoms with van der Waals surface area (Å²) in [4.78, 5) is 0. The monoisotopic (exact) mass is 222 g/mol. The van der Waals surface area contributed by atoms with E-state index in [4.69, 9.17) is 11.6 Å². The zero-order valence-corrected chi connectivity index (χ0v) is 9.43. The summed E-state index contributed by atoms with van der Waals surface area (Å²) in [6.45, 7) is 0. The highest BCUT2D eigenvalue weighted by Gasteiger charge is 2.48. The SMILES string of the molecule is OC1CCc2c(Cl)cccc2C12CCC2. The molecule has 2 heteroatoms. The normalized spacial score (nSPS) is 27.2. The van der Waals surface area contributed by atoms with Gasteiger partial charge in [-0.2, -0.15) is 0 Å². The number of halogens is 1. The Morgan fingerprint density at radius 3 is 2.80 bits per heavy atom. The Morgan fingerprint density at radius 1 is 1.33 bits per heavy atom. The summed E-state index contributed by atoms with van der Waals surface area (Å²) in [5, 5.41) is 11.1. The number of hydrogen-bond acceptors (Lipinski definition) is 1. The van der Waals surface area contributed by atoms with Crippen LogP contribution in [-0.4, -0.2) is 11.2 Å². The van der Waals surface area contributed by atoms with Gasteiger partial charge >= 0.3 is 0 Å². The lowest BCUT2D eigenvalue weighted by Gasteiger charge is -2.49. The van der Waals surface area contributed by atoms with E-state index in [9.17, 15) is 5.11 Å². The lowest BCUT2D eigenvalue weighted by molar-refractivity contribution is 0.0144. The average Bonchev–Trinajstić information content (AvgIpc) is 2.15. The van der Waals surface area contributed by atoms with E-state index in [1.54, 1.807) is 0 Å². The molecule has 0 saturated heterocycles. The van der Waals surface area contributed by atoms with Gasteiger partial charge in [-0.3, -0.25) is 0 Å². The average molecular weight is 223 g/mol. The molecule has 1 saturated carbocycles. The van der Waals surface area contributed by atoms with Crippen LogP contribution in [0.4, 0.5) is 0 Å². The quantitative estimate of drug-likeness (QED) is 0.716. The molecule has 1 aromatic rings. The summed E-state index contributed by atoms with van der Waals surface area (Å²) in [5.41, 5.74) is 2.66. The fourth-order valence-electron chi connectivity index (χ4n) is 3.18. The second-order valence-electron chi connectivity index (χ2n) is 4.83. The number of rotatable bonds is 0. The van der Waals surface area contributed by atoms with E-state index in [1.807, 2.05) is 12.1 Å². The molecule has 0 amide bonds. The topological polar surface area (TPSA) is 20.2 Å². The molecular formula is C13H15ClO. The maximum Gasteiger partial charge on any atom is 0.0640 e. The van der Waals surface area contributed by atoms with Crippen LogP contribution in [0.3, 0.4) is 0 Å². The van der Waals surface area contributed by atoms with Gasteiger partial charge in [-0.25, -0.2) is 0 Å². The zero-order valence-electron chi connectivity index (χ0n) is 8.67. The van der Waals surface area contributed by atoms with Crippen molar-refractivity contribution in [3.8, 4) is 0 Å². The van der Waals surface area contributed by atoms with Crippen LogP contribution in [0.25, 0.3) is 0 Å². The first kappa shape index (κ1) is 9.68. The maximum absolute atomic E-state index is 10.2. The van der Waals surface area contributed by atoms with Gasteiger partial charge in [0.15, 0.2) is 0 Å². The molecule has 1 atom stereocenters. The zero-order chi connectivity index (χ0) is 10.5. The van der Waals surface area contributed by atoms with E-state index < -0.39 is 0 Å². The number of aliphatic hydroxyl groups excluding tert-OH is 1. The Balaban J connectivity index is 2.16. The third kappa shape index (κ3) is 1.20. The summed E-state index contributed by atoms with van der Waals surface area (Å²) >= 11 is 6.22. The Bertz CT molecular complexity index is 396. The van der Waals surface area contributed by atoms with E-state index in [0.717, 1.165) is 30.7 Å². The molecule has 0 heterocycles. The molecule has 0 aromatic heterocycles. The molecule has 1 nitrogen and oxygen atoms in total. The van der Waals surface area contributed by atoms with Crippen molar-refractivity contribution in [3.63, 3.8) is 0 Å². The van der Waals surface area contributed by atoms with Crippen molar-refractivity contribution in [1.82, 2.24) is 0 Å². The number of aliphatic hydroxyl groups is 1. The van der Waals surface area contributed by atoms with Crippen LogP contribution in [0, 0.1) is 0 Å². The standard InChI is InChI=1S/C13H15ClO/c14-11-4-1-3-10-9(11)5-6-12(15)13(10)7-2-8-13/h1,3-4,12,15H,2,5-8H2. The number of fused-ring (bicyclic) bond motifs is 2. The van der Waals surface area contributed by atoms with Crippen molar-refractivity contribution in [3.05, 3.63) is 34.3 Å². The molecule has 0 bridgehead atoms. The lowest BCUT2D eigenvalue weighted by Crippen LogP contribution is -2.48. The van der Waals surface area contributed by atoms with Gasteiger partial charge in [0.2, 0.25) is 0 Å². The first-order valence-corrected chi connectivity index (χ1v) is 6.08. The molecule has 1 spiro atoms. The Morgan fingerprint density at radius 2 is 2.13 bits per heavy atom. The van der Waals surface area contributed by atoms with Crippen LogP contribution in [0.5, 0.6) is 0 Å². The van der Waals surface area contributed by atoms with Gasteiger partial charge < -0.3 is 5.11 Å². The van der Waals surface area contributed by atoms with Crippen molar-refractivity contribution in [2.24, 2.45) is 0 Å². The molecule has 1 aromatic carbocycles. The molecule has 15 heavy (non-hydrogen) atoms. The molecule has 0 radical (unpaired) electrons. The number of hydrogen-bond donors (Lipinski definition) is 1. The highest BCUT2D eigenvalue weighted by atomic mass is 35.5. The lowest BCUT2D eigenvalue weighted by atomic mass is 9.57. The molecule has 2 aliphatic rings. The van der Waals surface area contributed by atoms with Crippen molar-refractivity contribution < 1.29 is 5.11 Å². The van der Waals surface area contributed by atoms with Gasteiger partial charge in [0.05, 0.1) is 6.10 Å². The van der Waals surface area contributed by atoms with Crippen LogP contribution in [-0.2, 0) is 11.8 Å². The highest BCUT2D eigenvalue weighted by Crippen LogP contribution is 2.52. The Hall–Kier alpha value is -0.530. The molecular weight excluding hydrogens is 208 g/mol. The summed E-state index contributed by atoms with van der Waals surface area (Å²) < 4.78 is 0. The minimum absolute atomic E-state index is 0.0541. The van der Waals surface area contributed by atoms with Gasteiger partial charge in [0.25, 0.3) is 0 Å². The van der Waals surface area contributed by atoms with Crippen LogP contribution < -0.4 is 0 Å². The summed E-state index contributed by atoms with van der Waals surface area (Å²) in [6, 6.07) is 6.13. The Kier molecular flexibility index (Phi) is 2.08. The predicted molar refractivity (Wildman–Crippen MR) is 61.3 cm³/mol. The summed E-state index contributed by atoms with van der Waals surface area (Å²) in [5.74, 6) is 0. The second-order valence-corrected chi connectivity index (χ2v) is 5.24. The minimum Gasteiger partial charge on any atom is -0.392 e. The molecule has 1 unspecified atom stereocenters. The van der Waals surface area contributed by atoms with Crippen LogP contribution in [0.15, 0.2) is 18.2 Å². The van der Waals surface area contributed by atoms with Crippen LogP contribution >= 0.6 is 11.6 Å². The van der Waals surface area contributed by atoms with Crippen molar-refractivity contribution in [2.75, 3.05) is 0 Å². The second kappa shape index (κ2) is 3.23. The minimum atomic E-state index is -0.155. The van der Waals surface area contributed by atoms with Gasteiger partial charge in [-0.05, 0) is 42.9 Å². The summed E-state index contributed by atoms with van der Waals surface area (Å²) in [6.07, 6.45) is 5.14. The fourth-order valence-corrected chi connectivity index (χ4v) is 3.45. The van der Waals surface area contributed by atoms with E-state index >= 15 is 0 Å². The van der Waals surface area contributed by atoms with Crippen molar-refractivity contribution >= 4 is 11.6 Å². The molecule has 3 rings (SSSR count). The van der Waals surface area contributed by atoms with E-state index in [2.05, 4.69) is 6.07 Å². The van der Waals surface area contributed by atoms with E-state index in [-0.39, 0.29) is 11.5 Å². The summed E-state index contributed by atoms with van der Waals surface area (Å²) in [7, 11) is 0. The highest BCUT2D eigenvalue weighted by molar-refractivity contribution is 6.31. The van der Waals surface area contributed by atoms with Gasteiger partial charge in [-0.1, -0.05) is 30.2 Å². The first-order chi connectivity index (χ1) is 7.24. The van der Waals surface area contributed by atoms with Crippen molar-refractivity contribution in [1.29, 1.82) is 0 Å². The van der Waals surface area contributed by atoms with Crippen LogP contribution in [0.2, 0.25) is 5.02 Å².